The minimum Gasteiger partial charge on any atom is -0.308 e. The molecule has 2 aliphatic carbocycles. The fraction of sp³-hybridized carbons (Fsp3) is 1.00. The van der Waals surface area contributed by atoms with Crippen LogP contribution < -0.4 is 5.32 Å². The first-order chi connectivity index (χ1) is 8.96. The summed E-state index contributed by atoms with van der Waals surface area (Å²) in [4.78, 5) is 0. The van der Waals surface area contributed by atoms with Gasteiger partial charge < -0.3 is 5.32 Å². The van der Waals surface area contributed by atoms with Crippen LogP contribution in [-0.4, -0.2) is 31.5 Å². The van der Waals surface area contributed by atoms with Gasteiger partial charge in [-0.15, -0.1) is 0 Å². The Morgan fingerprint density at radius 2 is 1.79 bits per heavy atom. The van der Waals surface area contributed by atoms with Crippen molar-refractivity contribution >= 4 is 9.84 Å². The molecule has 1 N–H and O–H groups in total. The molecule has 3 rings (SSSR count). The van der Waals surface area contributed by atoms with Crippen molar-refractivity contribution in [2.45, 2.75) is 69.9 Å². The zero-order valence-electron chi connectivity index (χ0n) is 12.0. The number of hydrogen-bond acceptors (Lipinski definition) is 3. The monoisotopic (exact) mass is 285 g/mol. The van der Waals surface area contributed by atoms with Crippen LogP contribution in [0.3, 0.4) is 0 Å². The molecule has 0 amide bonds. The minimum atomic E-state index is -2.79. The van der Waals surface area contributed by atoms with E-state index < -0.39 is 9.84 Å². The Bertz CT molecular complexity index is 433. The van der Waals surface area contributed by atoms with Crippen molar-refractivity contribution in [2.75, 3.05) is 11.5 Å². The summed E-state index contributed by atoms with van der Waals surface area (Å²) in [5.41, 5.74) is -0.162. The van der Waals surface area contributed by atoms with E-state index in [9.17, 15) is 8.42 Å². The fourth-order valence-corrected chi connectivity index (χ4v) is 6.73. The van der Waals surface area contributed by atoms with Gasteiger partial charge in [-0.2, -0.15) is 0 Å². The van der Waals surface area contributed by atoms with E-state index >= 15 is 0 Å². The van der Waals surface area contributed by atoms with Gasteiger partial charge in [-0.25, -0.2) is 8.42 Å². The fourth-order valence-electron chi connectivity index (χ4n) is 4.62. The van der Waals surface area contributed by atoms with Crippen molar-refractivity contribution < 1.29 is 8.42 Å². The molecule has 0 bridgehead atoms. The first kappa shape index (κ1) is 13.9. The average molecular weight is 285 g/mol. The Morgan fingerprint density at radius 1 is 1.05 bits per heavy atom. The first-order valence-electron chi connectivity index (χ1n) is 7.94. The summed E-state index contributed by atoms with van der Waals surface area (Å²) in [5.74, 6) is 2.58. The van der Waals surface area contributed by atoms with E-state index in [1.54, 1.807) is 0 Å². The van der Waals surface area contributed by atoms with Crippen LogP contribution in [0.15, 0.2) is 0 Å². The number of hydrogen-bond donors (Lipinski definition) is 1. The van der Waals surface area contributed by atoms with Gasteiger partial charge in [0, 0.05) is 11.6 Å². The highest BCUT2D eigenvalue weighted by molar-refractivity contribution is 7.91. The zero-order valence-corrected chi connectivity index (χ0v) is 12.8. The Morgan fingerprint density at radius 3 is 2.47 bits per heavy atom. The second kappa shape index (κ2) is 5.03. The van der Waals surface area contributed by atoms with Crippen molar-refractivity contribution in [3.63, 3.8) is 0 Å². The van der Waals surface area contributed by atoms with Crippen molar-refractivity contribution in [1.29, 1.82) is 0 Å². The lowest BCUT2D eigenvalue weighted by atomic mass is 9.69. The largest absolute Gasteiger partial charge is 0.308 e. The summed E-state index contributed by atoms with van der Waals surface area (Å²) in [7, 11) is -2.79. The van der Waals surface area contributed by atoms with Gasteiger partial charge in [0.1, 0.15) is 0 Å². The van der Waals surface area contributed by atoms with Crippen molar-refractivity contribution in [3.05, 3.63) is 0 Å². The lowest BCUT2D eigenvalue weighted by Crippen LogP contribution is -2.51. The number of sulfone groups is 1. The Balaban J connectivity index is 1.59. The summed E-state index contributed by atoms with van der Waals surface area (Å²) < 4.78 is 23.4. The topological polar surface area (TPSA) is 46.2 Å². The van der Waals surface area contributed by atoms with E-state index in [1.165, 1.54) is 44.9 Å². The summed E-state index contributed by atoms with van der Waals surface area (Å²) in [6, 6.07) is 0.553. The zero-order chi connectivity index (χ0) is 13.5. The lowest BCUT2D eigenvalue weighted by molar-refractivity contribution is 0.130. The molecule has 4 unspecified atom stereocenters. The van der Waals surface area contributed by atoms with Gasteiger partial charge in [-0.3, -0.25) is 0 Å². The maximum atomic E-state index is 11.7. The van der Waals surface area contributed by atoms with Gasteiger partial charge in [0.05, 0.1) is 11.5 Å². The Kier molecular flexibility index (Phi) is 3.67. The van der Waals surface area contributed by atoms with Crippen LogP contribution in [0.25, 0.3) is 0 Å². The van der Waals surface area contributed by atoms with Crippen LogP contribution in [0.1, 0.15) is 58.3 Å². The normalized spacial score (nSPS) is 45.8. The summed E-state index contributed by atoms with van der Waals surface area (Å²) in [5, 5.41) is 3.70. The molecule has 3 fully saturated rings. The molecule has 0 spiro atoms. The molecule has 3 nitrogen and oxygen atoms in total. The quantitative estimate of drug-likeness (QED) is 0.848. The van der Waals surface area contributed by atoms with Gasteiger partial charge in [0.25, 0.3) is 0 Å². The molecule has 0 aromatic carbocycles. The number of fused-ring (bicyclic) bond motifs is 1. The summed E-state index contributed by atoms with van der Waals surface area (Å²) in [6.07, 6.45) is 10.3. The predicted octanol–water partition coefficient (Wildman–Crippen LogP) is 2.51. The second-order valence-electron chi connectivity index (χ2n) is 7.36. The molecular weight excluding hydrogens is 258 g/mol. The molecule has 1 saturated heterocycles. The van der Waals surface area contributed by atoms with Gasteiger partial charge >= 0.3 is 0 Å². The second-order valence-corrected chi connectivity index (χ2v) is 9.55. The molecule has 0 radical (unpaired) electrons. The van der Waals surface area contributed by atoms with Gasteiger partial charge in [-0.05, 0) is 44.4 Å². The van der Waals surface area contributed by atoms with Crippen LogP contribution in [0.5, 0.6) is 0 Å². The van der Waals surface area contributed by atoms with E-state index in [0.717, 1.165) is 18.3 Å². The molecule has 4 atom stereocenters. The van der Waals surface area contributed by atoms with Crippen LogP contribution in [-0.2, 0) is 9.84 Å². The van der Waals surface area contributed by atoms with E-state index in [2.05, 4.69) is 12.2 Å². The highest BCUT2D eigenvalue weighted by atomic mass is 32.2. The standard InChI is InChI=1S/C15H27NO2S/c1-15(8-9-19(17,18)11-15)16-14-7-6-12-4-2-3-5-13(12)10-14/h12-14,16H,2-11H2,1H3. The predicted molar refractivity (Wildman–Crippen MR) is 77.9 cm³/mol. The number of nitrogens with one attached hydrogen (secondary N) is 1. The smallest absolute Gasteiger partial charge is 0.152 e. The van der Waals surface area contributed by atoms with E-state index in [0.29, 0.717) is 17.5 Å². The van der Waals surface area contributed by atoms with Crippen LogP contribution >= 0.6 is 0 Å². The van der Waals surface area contributed by atoms with Crippen molar-refractivity contribution in [1.82, 2.24) is 5.32 Å². The van der Waals surface area contributed by atoms with E-state index in [1.807, 2.05) is 0 Å². The van der Waals surface area contributed by atoms with Gasteiger partial charge in [0.2, 0.25) is 0 Å². The SMILES string of the molecule is CC1(NC2CCC3CCCCC3C2)CCS(=O)(=O)C1. The third kappa shape index (κ3) is 3.15. The third-order valence-corrected chi connectivity index (χ3v) is 7.50. The Hall–Kier alpha value is -0.0900. The van der Waals surface area contributed by atoms with Gasteiger partial charge in [-0.1, -0.05) is 25.7 Å². The molecule has 2 saturated carbocycles. The average Bonchev–Trinajstić information content (AvgIpc) is 2.63. The number of rotatable bonds is 2. The molecule has 3 aliphatic rings. The van der Waals surface area contributed by atoms with Crippen LogP contribution in [0, 0.1) is 11.8 Å². The van der Waals surface area contributed by atoms with Crippen LogP contribution in [0.4, 0.5) is 0 Å². The molecular formula is C15H27NO2S. The highest BCUT2D eigenvalue weighted by Crippen LogP contribution is 2.41. The minimum absolute atomic E-state index is 0.162. The maximum Gasteiger partial charge on any atom is 0.152 e. The van der Waals surface area contributed by atoms with Gasteiger partial charge in [0.15, 0.2) is 9.84 Å². The third-order valence-electron chi connectivity index (χ3n) is 5.60. The van der Waals surface area contributed by atoms with Crippen molar-refractivity contribution in [3.8, 4) is 0 Å². The van der Waals surface area contributed by atoms with Crippen LogP contribution in [0.2, 0.25) is 0 Å². The van der Waals surface area contributed by atoms with E-state index in [-0.39, 0.29) is 5.54 Å². The van der Waals surface area contributed by atoms with E-state index in [4.69, 9.17) is 0 Å². The molecule has 0 aromatic rings. The Labute approximate surface area is 117 Å². The first-order valence-corrected chi connectivity index (χ1v) is 9.76. The lowest BCUT2D eigenvalue weighted by Gasteiger charge is -2.42. The summed E-state index contributed by atoms with van der Waals surface area (Å²) in [6.45, 7) is 2.10. The molecule has 4 heteroatoms. The molecule has 1 aliphatic heterocycles. The van der Waals surface area contributed by atoms with Crippen molar-refractivity contribution in [2.24, 2.45) is 11.8 Å². The molecule has 19 heavy (non-hydrogen) atoms. The summed E-state index contributed by atoms with van der Waals surface area (Å²) >= 11 is 0. The molecule has 0 aromatic heterocycles. The molecule has 1 heterocycles. The highest BCUT2D eigenvalue weighted by Gasteiger charge is 2.41. The molecule has 110 valence electrons. The maximum absolute atomic E-state index is 11.7.